The molecule has 0 saturated heterocycles. The number of hydrogen-bond acceptors (Lipinski definition) is 4. The molecule has 18 heavy (non-hydrogen) atoms. The number of fused-ring (bicyclic) bond motifs is 1. The molecule has 98 valence electrons. The minimum atomic E-state index is -0.135. The maximum absolute atomic E-state index is 11.0. The largest absolute Gasteiger partial charge is 0.486 e. The molecule has 1 aromatic carbocycles. The molecule has 1 atom stereocenters. The van der Waals surface area contributed by atoms with Gasteiger partial charge in [-0.25, -0.2) is 0 Å². The van der Waals surface area contributed by atoms with Crippen LogP contribution in [0, 0.1) is 6.92 Å². The van der Waals surface area contributed by atoms with Crippen molar-refractivity contribution >= 4 is 5.78 Å². The van der Waals surface area contributed by atoms with Crippen molar-refractivity contribution < 1.29 is 14.3 Å². The fourth-order valence-electron chi connectivity index (χ4n) is 2.12. The molecule has 4 nitrogen and oxygen atoms in total. The van der Waals surface area contributed by atoms with Gasteiger partial charge in [0.1, 0.15) is 19.0 Å². The summed E-state index contributed by atoms with van der Waals surface area (Å²) in [7, 11) is 0. The van der Waals surface area contributed by atoms with Gasteiger partial charge < -0.3 is 20.0 Å². The average molecular weight is 249 g/mol. The maximum atomic E-state index is 11.0. The Hall–Kier alpha value is -1.55. The zero-order valence-electron chi connectivity index (χ0n) is 10.9. The van der Waals surface area contributed by atoms with E-state index in [1.807, 2.05) is 19.1 Å². The lowest BCUT2D eigenvalue weighted by Gasteiger charge is -2.22. The van der Waals surface area contributed by atoms with Crippen LogP contribution in [0.3, 0.4) is 0 Å². The molecule has 1 unspecified atom stereocenters. The second kappa shape index (κ2) is 5.40. The Labute approximate surface area is 107 Å². The summed E-state index contributed by atoms with van der Waals surface area (Å²) in [4.78, 5) is 11.0. The van der Waals surface area contributed by atoms with Crippen LogP contribution in [0.2, 0.25) is 0 Å². The number of carbonyl (C=O) groups is 1. The van der Waals surface area contributed by atoms with Gasteiger partial charge in [-0.15, -0.1) is 0 Å². The quantitative estimate of drug-likeness (QED) is 0.888. The number of nitrogens with two attached hydrogens (primary N) is 1. The zero-order valence-corrected chi connectivity index (χ0v) is 10.9. The van der Waals surface area contributed by atoms with Crippen molar-refractivity contribution in [2.75, 3.05) is 13.2 Å². The molecule has 4 heteroatoms. The van der Waals surface area contributed by atoms with Crippen LogP contribution < -0.4 is 15.2 Å². The van der Waals surface area contributed by atoms with E-state index in [4.69, 9.17) is 15.2 Å². The standard InChI is InChI=1S/C14H19NO3/c1-9-7-13-14(18-6-5-17-13)8-11(9)12(15)4-3-10(2)16/h7-8,12H,3-6,15H2,1-2H3. The first-order chi connectivity index (χ1) is 8.58. The highest BCUT2D eigenvalue weighted by Gasteiger charge is 2.17. The molecule has 0 aromatic heterocycles. The molecule has 1 aromatic rings. The van der Waals surface area contributed by atoms with Gasteiger partial charge in [-0.2, -0.15) is 0 Å². The van der Waals surface area contributed by atoms with E-state index in [9.17, 15) is 4.79 Å². The molecular weight excluding hydrogens is 230 g/mol. The number of ketones is 1. The van der Waals surface area contributed by atoms with E-state index in [0.29, 0.717) is 26.1 Å². The van der Waals surface area contributed by atoms with E-state index < -0.39 is 0 Å². The van der Waals surface area contributed by atoms with Crippen LogP contribution in [0.4, 0.5) is 0 Å². The maximum Gasteiger partial charge on any atom is 0.161 e. The molecule has 1 aliphatic rings. The number of aryl methyl sites for hydroxylation is 1. The summed E-state index contributed by atoms with van der Waals surface area (Å²) >= 11 is 0. The van der Waals surface area contributed by atoms with E-state index in [-0.39, 0.29) is 11.8 Å². The number of ether oxygens (including phenoxy) is 2. The molecule has 0 fully saturated rings. The fourth-order valence-corrected chi connectivity index (χ4v) is 2.12. The van der Waals surface area contributed by atoms with E-state index in [1.165, 1.54) is 0 Å². The molecule has 1 heterocycles. The third-order valence-electron chi connectivity index (χ3n) is 3.14. The highest BCUT2D eigenvalue weighted by atomic mass is 16.6. The van der Waals surface area contributed by atoms with Gasteiger partial charge in [0.25, 0.3) is 0 Å². The van der Waals surface area contributed by atoms with Crippen LogP contribution >= 0.6 is 0 Å². The first kappa shape index (κ1) is 12.9. The molecule has 0 aliphatic carbocycles. The molecule has 2 rings (SSSR count). The first-order valence-corrected chi connectivity index (χ1v) is 6.23. The average Bonchev–Trinajstić information content (AvgIpc) is 2.35. The van der Waals surface area contributed by atoms with Gasteiger partial charge in [0.05, 0.1) is 0 Å². The lowest BCUT2D eigenvalue weighted by atomic mass is 9.96. The van der Waals surface area contributed by atoms with Crippen LogP contribution in [0.25, 0.3) is 0 Å². The highest BCUT2D eigenvalue weighted by molar-refractivity contribution is 5.75. The monoisotopic (exact) mass is 249 g/mol. The SMILES string of the molecule is CC(=O)CCC(N)c1cc2c(cc1C)OCCO2. The summed E-state index contributed by atoms with van der Waals surface area (Å²) < 4.78 is 11.1. The second-order valence-electron chi connectivity index (χ2n) is 4.70. The minimum absolute atomic E-state index is 0.135. The van der Waals surface area contributed by atoms with Gasteiger partial charge in [-0.05, 0) is 43.5 Å². The zero-order chi connectivity index (χ0) is 13.1. The van der Waals surface area contributed by atoms with Crippen molar-refractivity contribution in [3.8, 4) is 11.5 Å². The minimum Gasteiger partial charge on any atom is -0.486 e. The van der Waals surface area contributed by atoms with Gasteiger partial charge in [-0.1, -0.05) is 0 Å². The van der Waals surface area contributed by atoms with Gasteiger partial charge in [-0.3, -0.25) is 0 Å². The van der Waals surface area contributed by atoms with Crippen molar-refractivity contribution in [1.29, 1.82) is 0 Å². The number of rotatable bonds is 4. The van der Waals surface area contributed by atoms with Crippen LogP contribution in [0.1, 0.15) is 36.9 Å². The lowest BCUT2D eigenvalue weighted by molar-refractivity contribution is -0.117. The van der Waals surface area contributed by atoms with E-state index in [2.05, 4.69) is 0 Å². The molecule has 2 N–H and O–H groups in total. The Balaban J connectivity index is 2.19. The van der Waals surface area contributed by atoms with E-state index in [0.717, 1.165) is 22.6 Å². The third kappa shape index (κ3) is 2.82. The molecule has 1 aliphatic heterocycles. The Morgan fingerprint density at radius 3 is 2.56 bits per heavy atom. The van der Waals surface area contributed by atoms with Crippen molar-refractivity contribution in [3.05, 3.63) is 23.3 Å². The topological polar surface area (TPSA) is 61.6 Å². The smallest absolute Gasteiger partial charge is 0.161 e. The van der Waals surface area contributed by atoms with Crippen molar-refractivity contribution in [2.45, 2.75) is 32.7 Å². The van der Waals surface area contributed by atoms with E-state index in [1.54, 1.807) is 6.92 Å². The number of Topliss-reactive ketones (excluding diaryl/α,β-unsaturated/α-hetero) is 1. The summed E-state index contributed by atoms with van der Waals surface area (Å²) in [6.07, 6.45) is 1.17. The molecule has 0 spiro atoms. The number of carbonyl (C=O) groups excluding carboxylic acids is 1. The third-order valence-corrected chi connectivity index (χ3v) is 3.14. The van der Waals surface area contributed by atoms with E-state index >= 15 is 0 Å². The van der Waals surface area contributed by atoms with Crippen molar-refractivity contribution in [1.82, 2.24) is 0 Å². The second-order valence-corrected chi connectivity index (χ2v) is 4.70. The predicted molar refractivity (Wildman–Crippen MR) is 69.0 cm³/mol. The van der Waals surface area contributed by atoms with Gasteiger partial charge in [0, 0.05) is 12.5 Å². The molecular formula is C14H19NO3. The fraction of sp³-hybridized carbons (Fsp3) is 0.500. The molecule has 0 amide bonds. The number of hydrogen-bond donors (Lipinski definition) is 1. The van der Waals surface area contributed by atoms with Gasteiger partial charge in [0.2, 0.25) is 0 Å². The summed E-state index contributed by atoms with van der Waals surface area (Å²) in [5, 5.41) is 0. The normalized spacial score (nSPS) is 15.3. The highest BCUT2D eigenvalue weighted by Crippen LogP contribution is 2.35. The molecule has 0 radical (unpaired) electrons. The first-order valence-electron chi connectivity index (χ1n) is 6.23. The van der Waals surface area contributed by atoms with Crippen LogP contribution in [-0.4, -0.2) is 19.0 Å². The Morgan fingerprint density at radius 1 is 1.33 bits per heavy atom. The van der Waals surface area contributed by atoms with Gasteiger partial charge >= 0.3 is 0 Å². The Kier molecular flexibility index (Phi) is 3.87. The van der Waals surface area contributed by atoms with Crippen molar-refractivity contribution in [2.24, 2.45) is 5.73 Å². The van der Waals surface area contributed by atoms with Crippen LogP contribution in [-0.2, 0) is 4.79 Å². The molecule has 0 bridgehead atoms. The summed E-state index contributed by atoms with van der Waals surface area (Å²) in [5.74, 6) is 1.70. The predicted octanol–water partition coefficient (Wildman–Crippen LogP) is 2.14. The number of benzene rings is 1. The Bertz CT molecular complexity index is 457. The Morgan fingerprint density at radius 2 is 1.94 bits per heavy atom. The van der Waals surface area contributed by atoms with Gasteiger partial charge in [0.15, 0.2) is 11.5 Å². The van der Waals surface area contributed by atoms with Crippen LogP contribution in [0.5, 0.6) is 11.5 Å². The molecule has 0 saturated carbocycles. The summed E-state index contributed by atoms with van der Waals surface area (Å²) in [6, 6.07) is 3.76. The summed E-state index contributed by atoms with van der Waals surface area (Å²) in [5.41, 5.74) is 8.24. The van der Waals surface area contributed by atoms with Crippen molar-refractivity contribution in [3.63, 3.8) is 0 Å². The lowest BCUT2D eigenvalue weighted by Crippen LogP contribution is -2.18. The summed E-state index contributed by atoms with van der Waals surface area (Å²) in [6.45, 7) is 4.74. The van der Waals surface area contributed by atoms with Crippen LogP contribution in [0.15, 0.2) is 12.1 Å².